The van der Waals surface area contributed by atoms with E-state index in [1.54, 1.807) is 0 Å². The molecule has 2 nitrogen and oxygen atoms in total. The molecule has 2 fully saturated rings. The number of carbonyl (C=O) groups is 1. The maximum Gasteiger partial charge on any atom is 0.222 e. The van der Waals surface area contributed by atoms with Crippen molar-refractivity contribution in [3.8, 4) is 12.3 Å². The van der Waals surface area contributed by atoms with Crippen LogP contribution in [-0.4, -0.2) is 18.4 Å². The Morgan fingerprint density at radius 1 is 1.75 bits per heavy atom. The Kier molecular flexibility index (Phi) is 3.93. The van der Waals surface area contributed by atoms with Gasteiger partial charge in [0.05, 0.1) is 6.04 Å². The van der Waals surface area contributed by atoms with Crippen LogP contribution in [0.15, 0.2) is 12.7 Å². The molecule has 0 aromatic rings. The van der Waals surface area contributed by atoms with Crippen LogP contribution in [0.1, 0.15) is 28.6 Å². The highest BCUT2D eigenvalue weighted by molar-refractivity contribution is 6.00. The molecule has 0 bridgehead atoms. The standard InChI is InChI=1S/C10H13NO.C4H8.H2/c1-4-7(12)9-8-6(5-11-9)10(8,2)3;1-3-4-2;/h1,6,8-9,11H,5H2,2-3H3;3H,1,4H2,2H3;1H. The van der Waals surface area contributed by atoms with Gasteiger partial charge in [-0.25, -0.2) is 0 Å². The minimum absolute atomic E-state index is 0. The number of hydrogen-bond donors (Lipinski definition) is 1. The SMILES string of the molecule is C#CC(=O)C1NCC2C1C2(C)C.C=CCC.[HH]. The van der Waals surface area contributed by atoms with Crippen molar-refractivity contribution in [3.05, 3.63) is 12.7 Å². The first-order valence-corrected chi connectivity index (χ1v) is 5.85. The Morgan fingerprint density at radius 2 is 2.31 bits per heavy atom. The molecule has 1 N–H and O–H groups in total. The molecule has 1 aliphatic heterocycles. The van der Waals surface area contributed by atoms with Gasteiger partial charge >= 0.3 is 0 Å². The quantitative estimate of drug-likeness (QED) is 0.440. The van der Waals surface area contributed by atoms with Crippen LogP contribution in [0.25, 0.3) is 0 Å². The van der Waals surface area contributed by atoms with Crippen LogP contribution in [0.4, 0.5) is 0 Å². The van der Waals surface area contributed by atoms with Crippen molar-refractivity contribution in [1.29, 1.82) is 0 Å². The Hall–Kier alpha value is -1.07. The van der Waals surface area contributed by atoms with E-state index in [9.17, 15) is 4.79 Å². The lowest BCUT2D eigenvalue weighted by molar-refractivity contribution is -0.116. The van der Waals surface area contributed by atoms with Crippen LogP contribution in [-0.2, 0) is 4.79 Å². The number of fused-ring (bicyclic) bond motifs is 1. The Bertz CT molecular complexity index is 330. The number of terminal acetylenes is 1. The molecule has 0 aromatic carbocycles. The molecule has 3 unspecified atom stereocenters. The number of allylic oxidation sites excluding steroid dienone is 1. The molecule has 2 heteroatoms. The number of hydrogen-bond acceptors (Lipinski definition) is 2. The molecule has 2 rings (SSSR count). The summed E-state index contributed by atoms with van der Waals surface area (Å²) in [6.45, 7) is 10.9. The van der Waals surface area contributed by atoms with Crippen molar-refractivity contribution < 1.29 is 6.22 Å². The zero-order valence-electron chi connectivity index (χ0n) is 10.4. The largest absolute Gasteiger partial charge is 0.306 e. The summed E-state index contributed by atoms with van der Waals surface area (Å²) in [4.78, 5) is 11.2. The molecule has 0 amide bonds. The van der Waals surface area contributed by atoms with E-state index in [0.29, 0.717) is 17.3 Å². The Labute approximate surface area is 100.0 Å². The van der Waals surface area contributed by atoms with E-state index in [0.717, 1.165) is 13.0 Å². The van der Waals surface area contributed by atoms with Gasteiger partial charge in [-0.2, -0.15) is 0 Å². The zero-order valence-corrected chi connectivity index (χ0v) is 10.4. The molecular formula is C14H23NO. The summed E-state index contributed by atoms with van der Waals surface area (Å²) >= 11 is 0. The highest BCUT2D eigenvalue weighted by atomic mass is 16.1. The van der Waals surface area contributed by atoms with Gasteiger partial charge in [0, 0.05) is 1.43 Å². The molecule has 90 valence electrons. The molecule has 0 radical (unpaired) electrons. The van der Waals surface area contributed by atoms with E-state index < -0.39 is 0 Å². The number of rotatable bonds is 2. The third kappa shape index (κ3) is 2.20. The van der Waals surface area contributed by atoms with Gasteiger partial charge in [-0.15, -0.1) is 13.0 Å². The van der Waals surface area contributed by atoms with E-state index in [1.807, 2.05) is 6.08 Å². The fourth-order valence-corrected chi connectivity index (χ4v) is 2.56. The van der Waals surface area contributed by atoms with Crippen LogP contribution in [0.2, 0.25) is 0 Å². The van der Waals surface area contributed by atoms with Crippen LogP contribution in [0, 0.1) is 29.6 Å². The first-order valence-electron chi connectivity index (χ1n) is 5.85. The number of nitrogens with one attached hydrogen (secondary N) is 1. The number of piperidine rings is 1. The van der Waals surface area contributed by atoms with Crippen LogP contribution in [0.5, 0.6) is 0 Å². The minimum atomic E-state index is -0.0759. The van der Waals surface area contributed by atoms with Crippen molar-refractivity contribution in [2.75, 3.05) is 6.54 Å². The third-order valence-corrected chi connectivity index (χ3v) is 3.77. The van der Waals surface area contributed by atoms with Crippen molar-refractivity contribution in [3.63, 3.8) is 0 Å². The molecule has 3 atom stereocenters. The highest BCUT2D eigenvalue weighted by Crippen LogP contribution is 2.62. The van der Waals surface area contributed by atoms with Gasteiger partial charge in [0.25, 0.3) is 0 Å². The fraction of sp³-hybridized carbons (Fsp3) is 0.643. The lowest BCUT2D eigenvalue weighted by atomic mass is 10.0. The second kappa shape index (κ2) is 4.84. The van der Waals surface area contributed by atoms with Crippen molar-refractivity contribution in [2.24, 2.45) is 17.3 Å². The van der Waals surface area contributed by atoms with Crippen molar-refractivity contribution in [1.82, 2.24) is 5.32 Å². The normalized spacial score (nSPS) is 32.8. The molecule has 16 heavy (non-hydrogen) atoms. The summed E-state index contributed by atoms with van der Waals surface area (Å²) in [5.41, 5.74) is 0.336. The molecule has 2 aliphatic rings. The highest BCUT2D eigenvalue weighted by Gasteiger charge is 2.65. The summed E-state index contributed by atoms with van der Waals surface area (Å²) in [6.07, 6.45) is 8.04. The summed E-state index contributed by atoms with van der Waals surface area (Å²) < 4.78 is 0. The summed E-state index contributed by atoms with van der Waals surface area (Å²) in [6, 6.07) is -0.0602. The molecule has 1 saturated heterocycles. The smallest absolute Gasteiger partial charge is 0.222 e. The van der Waals surface area contributed by atoms with E-state index in [-0.39, 0.29) is 13.3 Å². The topological polar surface area (TPSA) is 29.1 Å². The van der Waals surface area contributed by atoms with E-state index in [4.69, 9.17) is 6.42 Å². The zero-order chi connectivity index (χ0) is 12.3. The summed E-state index contributed by atoms with van der Waals surface area (Å²) in [7, 11) is 0. The second-order valence-corrected chi connectivity index (χ2v) is 5.05. The van der Waals surface area contributed by atoms with Gasteiger partial charge in [-0.1, -0.05) is 26.8 Å². The lowest BCUT2D eigenvalue weighted by Gasteiger charge is -2.14. The first-order chi connectivity index (χ1) is 7.50. The van der Waals surface area contributed by atoms with Gasteiger partial charge in [-0.05, 0) is 36.1 Å². The maximum atomic E-state index is 11.2. The van der Waals surface area contributed by atoms with Crippen LogP contribution >= 0.6 is 0 Å². The van der Waals surface area contributed by atoms with E-state index in [2.05, 4.69) is 38.6 Å². The number of Topliss-reactive ketones (excluding diaryl/α,β-unsaturated/α-hetero) is 1. The average molecular weight is 221 g/mol. The summed E-state index contributed by atoms with van der Waals surface area (Å²) in [5, 5.41) is 3.17. The molecular weight excluding hydrogens is 198 g/mol. The molecule has 1 heterocycles. The van der Waals surface area contributed by atoms with Gasteiger partial charge in [0.2, 0.25) is 5.78 Å². The monoisotopic (exact) mass is 221 g/mol. The predicted molar refractivity (Wildman–Crippen MR) is 69.0 cm³/mol. The van der Waals surface area contributed by atoms with E-state index in [1.165, 1.54) is 0 Å². The maximum absolute atomic E-state index is 11.2. The third-order valence-electron chi connectivity index (χ3n) is 3.77. The van der Waals surface area contributed by atoms with Crippen molar-refractivity contribution >= 4 is 5.78 Å². The number of ketones is 1. The van der Waals surface area contributed by atoms with Gasteiger partial charge < -0.3 is 5.32 Å². The van der Waals surface area contributed by atoms with Crippen LogP contribution in [0.3, 0.4) is 0 Å². The van der Waals surface area contributed by atoms with Gasteiger partial charge in [-0.3, -0.25) is 4.79 Å². The van der Waals surface area contributed by atoms with E-state index >= 15 is 0 Å². The van der Waals surface area contributed by atoms with Crippen LogP contribution < -0.4 is 5.32 Å². The average Bonchev–Trinajstić information content (AvgIpc) is 2.71. The molecule has 0 aromatic heterocycles. The Morgan fingerprint density at radius 3 is 2.62 bits per heavy atom. The lowest BCUT2D eigenvalue weighted by Crippen LogP contribution is -2.36. The molecule has 1 aliphatic carbocycles. The Balaban J connectivity index is 0.000000453. The fourth-order valence-electron chi connectivity index (χ4n) is 2.56. The van der Waals surface area contributed by atoms with Gasteiger partial charge in [0.1, 0.15) is 0 Å². The predicted octanol–water partition coefficient (Wildman–Crippen LogP) is 2.26. The van der Waals surface area contributed by atoms with Gasteiger partial charge in [0.15, 0.2) is 0 Å². The molecule has 1 saturated carbocycles. The number of carbonyl (C=O) groups excluding carboxylic acids is 1. The second-order valence-electron chi connectivity index (χ2n) is 5.05. The van der Waals surface area contributed by atoms with Crippen molar-refractivity contribution in [2.45, 2.75) is 33.2 Å². The summed E-state index contributed by atoms with van der Waals surface area (Å²) in [5.74, 6) is 3.28. The first kappa shape index (κ1) is 13.0. The minimum Gasteiger partial charge on any atom is -0.306 e. The molecule has 0 spiro atoms.